The zero-order valence-electron chi connectivity index (χ0n) is 15.3. The van der Waals surface area contributed by atoms with E-state index < -0.39 is 0 Å². The van der Waals surface area contributed by atoms with Crippen molar-refractivity contribution in [1.82, 2.24) is 9.88 Å². The van der Waals surface area contributed by atoms with Crippen LogP contribution in [0.15, 0.2) is 41.0 Å². The molecule has 0 N–H and O–H groups in total. The Labute approximate surface area is 177 Å². The summed E-state index contributed by atoms with van der Waals surface area (Å²) in [5, 5.41) is 0.525. The summed E-state index contributed by atoms with van der Waals surface area (Å²) in [4.78, 5) is 35.5. The van der Waals surface area contributed by atoms with Gasteiger partial charge in [-0.2, -0.15) is 0 Å². The highest BCUT2D eigenvalue weighted by atomic mass is 79.9. The summed E-state index contributed by atoms with van der Waals surface area (Å²) >= 11 is 9.55. The monoisotopic (exact) mass is 462 g/mol. The van der Waals surface area contributed by atoms with E-state index in [2.05, 4.69) is 25.8 Å². The number of piperazine rings is 1. The highest BCUT2D eigenvalue weighted by Crippen LogP contribution is 2.30. The summed E-state index contributed by atoms with van der Waals surface area (Å²) in [7, 11) is 0. The molecule has 146 valence electrons. The van der Waals surface area contributed by atoms with Crippen molar-refractivity contribution >= 4 is 50.9 Å². The van der Waals surface area contributed by atoms with Crippen LogP contribution < -0.4 is 9.80 Å². The number of nitrogens with zero attached hydrogens (tertiary/aromatic N) is 4. The average Bonchev–Trinajstić information content (AvgIpc) is 3.14. The van der Waals surface area contributed by atoms with Crippen molar-refractivity contribution in [3.63, 3.8) is 0 Å². The molecule has 4 rings (SSSR count). The molecule has 0 atom stereocenters. The Bertz CT molecular complexity index is 898. The number of anilines is 2. The van der Waals surface area contributed by atoms with Crippen molar-refractivity contribution in [1.29, 1.82) is 0 Å². The Kier molecular flexibility index (Phi) is 5.55. The van der Waals surface area contributed by atoms with Crippen LogP contribution in [0, 0.1) is 0 Å². The summed E-state index contributed by atoms with van der Waals surface area (Å²) in [6.07, 6.45) is 3.09. The van der Waals surface area contributed by atoms with Gasteiger partial charge in [-0.25, -0.2) is 4.98 Å². The first-order chi connectivity index (χ1) is 13.5. The van der Waals surface area contributed by atoms with E-state index in [1.807, 2.05) is 17.0 Å². The zero-order chi connectivity index (χ0) is 19.7. The molecule has 8 heteroatoms. The number of aromatic nitrogens is 1. The number of carbonyl (C=O) groups excluding carboxylic acids is 2. The van der Waals surface area contributed by atoms with Crippen LogP contribution in [-0.2, 0) is 4.79 Å². The number of halogens is 2. The third-order valence-electron chi connectivity index (χ3n) is 5.16. The zero-order valence-corrected chi connectivity index (χ0v) is 17.6. The van der Waals surface area contributed by atoms with Crippen molar-refractivity contribution < 1.29 is 9.59 Å². The van der Waals surface area contributed by atoms with Crippen molar-refractivity contribution in [3.05, 3.63) is 51.6 Å². The van der Waals surface area contributed by atoms with Gasteiger partial charge in [0.1, 0.15) is 5.82 Å². The first-order valence-corrected chi connectivity index (χ1v) is 10.5. The van der Waals surface area contributed by atoms with E-state index in [4.69, 9.17) is 11.6 Å². The lowest BCUT2D eigenvalue weighted by Crippen LogP contribution is -2.49. The van der Waals surface area contributed by atoms with Crippen LogP contribution in [0.3, 0.4) is 0 Å². The third-order valence-corrected chi connectivity index (χ3v) is 5.86. The Morgan fingerprint density at radius 3 is 2.50 bits per heavy atom. The molecule has 2 aliphatic heterocycles. The normalized spacial score (nSPS) is 17.4. The van der Waals surface area contributed by atoms with Gasteiger partial charge in [0, 0.05) is 54.8 Å². The average molecular weight is 464 g/mol. The number of pyridine rings is 1. The van der Waals surface area contributed by atoms with E-state index in [-0.39, 0.29) is 11.8 Å². The summed E-state index contributed by atoms with van der Waals surface area (Å²) in [6.45, 7) is 3.26. The Morgan fingerprint density at radius 1 is 1.07 bits per heavy atom. The topological polar surface area (TPSA) is 56.8 Å². The Balaban J connectivity index is 1.50. The first-order valence-electron chi connectivity index (χ1n) is 9.28. The lowest BCUT2D eigenvalue weighted by Gasteiger charge is -2.36. The standard InChI is InChI=1S/C20H20BrClN4O2/c21-14-3-6-18(23-13-14)24-8-10-25(11-9-24)20(28)16-5-4-15(22)12-17(16)26-7-1-2-19(26)27/h3-6,12-13H,1-2,7-11H2. The number of benzene rings is 1. The van der Waals surface area contributed by atoms with Crippen molar-refractivity contribution in [2.45, 2.75) is 12.8 Å². The predicted octanol–water partition coefficient (Wildman–Crippen LogP) is 3.59. The predicted molar refractivity (Wildman–Crippen MR) is 113 cm³/mol. The van der Waals surface area contributed by atoms with Crippen LogP contribution >= 0.6 is 27.5 Å². The van der Waals surface area contributed by atoms with Crippen LogP contribution in [0.1, 0.15) is 23.2 Å². The number of rotatable bonds is 3. The molecule has 0 radical (unpaired) electrons. The number of carbonyl (C=O) groups is 2. The minimum absolute atomic E-state index is 0.0439. The second kappa shape index (κ2) is 8.09. The first kappa shape index (κ1) is 19.2. The second-order valence-electron chi connectivity index (χ2n) is 6.92. The van der Waals surface area contributed by atoms with Crippen LogP contribution in [0.5, 0.6) is 0 Å². The fourth-order valence-electron chi connectivity index (χ4n) is 3.68. The van der Waals surface area contributed by atoms with Crippen LogP contribution in [0.2, 0.25) is 5.02 Å². The van der Waals surface area contributed by atoms with Gasteiger partial charge >= 0.3 is 0 Å². The van der Waals surface area contributed by atoms with Gasteiger partial charge in [0.05, 0.1) is 11.3 Å². The van der Waals surface area contributed by atoms with E-state index in [0.29, 0.717) is 55.4 Å². The number of hydrogen-bond acceptors (Lipinski definition) is 4. The highest BCUT2D eigenvalue weighted by molar-refractivity contribution is 9.10. The quantitative estimate of drug-likeness (QED) is 0.698. The Hall–Kier alpha value is -2.12. The fraction of sp³-hybridized carbons (Fsp3) is 0.350. The van der Waals surface area contributed by atoms with Gasteiger partial charge in [-0.15, -0.1) is 0 Å². The Morgan fingerprint density at radius 2 is 1.86 bits per heavy atom. The van der Waals surface area contributed by atoms with Crippen molar-refractivity contribution in [2.75, 3.05) is 42.5 Å². The van der Waals surface area contributed by atoms with E-state index in [1.165, 1.54) is 0 Å². The molecule has 1 aromatic heterocycles. The van der Waals surface area contributed by atoms with Crippen molar-refractivity contribution in [2.24, 2.45) is 0 Å². The molecular weight excluding hydrogens is 444 g/mol. The number of amides is 2. The molecule has 2 fully saturated rings. The summed E-state index contributed by atoms with van der Waals surface area (Å²) in [6, 6.07) is 9.10. The van der Waals surface area contributed by atoms with Crippen LogP contribution in [-0.4, -0.2) is 54.4 Å². The number of hydrogen-bond donors (Lipinski definition) is 0. The van der Waals surface area contributed by atoms with Crippen molar-refractivity contribution in [3.8, 4) is 0 Å². The SMILES string of the molecule is O=C(c1ccc(Cl)cc1N1CCCC1=O)N1CCN(c2ccc(Br)cn2)CC1. The van der Waals surface area contributed by atoms with E-state index in [9.17, 15) is 9.59 Å². The molecule has 1 aromatic carbocycles. The molecule has 0 unspecified atom stereocenters. The maximum absolute atomic E-state index is 13.2. The molecule has 2 aliphatic rings. The molecule has 0 aliphatic carbocycles. The molecule has 3 heterocycles. The van der Waals surface area contributed by atoms with Gasteiger partial charge in [-0.3, -0.25) is 9.59 Å². The van der Waals surface area contributed by atoms with Gasteiger partial charge in [-0.1, -0.05) is 11.6 Å². The van der Waals surface area contributed by atoms with E-state index in [1.54, 1.807) is 29.3 Å². The smallest absolute Gasteiger partial charge is 0.256 e. The van der Waals surface area contributed by atoms with Gasteiger partial charge in [0.2, 0.25) is 5.91 Å². The molecular formula is C20H20BrClN4O2. The van der Waals surface area contributed by atoms with Gasteiger partial charge in [0.15, 0.2) is 0 Å². The van der Waals surface area contributed by atoms with Gasteiger partial charge < -0.3 is 14.7 Å². The largest absolute Gasteiger partial charge is 0.353 e. The maximum Gasteiger partial charge on any atom is 0.256 e. The molecule has 0 bridgehead atoms. The summed E-state index contributed by atoms with van der Waals surface area (Å²) in [5.41, 5.74) is 1.16. The molecule has 2 aromatic rings. The second-order valence-corrected chi connectivity index (χ2v) is 8.28. The third kappa shape index (κ3) is 3.86. The van der Waals surface area contributed by atoms with Gasteiger partial charge in [-0.05, 0) is 52.7 Å². The molecule has 0 spiro atoms. The minimum Gasteiger partial charge on any atom is -0.353 e. The summed E-state index contributed by atoms with van der Waals surface area (Å²) in [5.74, 6) is 0.891. The lowest BCUT2D eigenvalue weighted by atomic mass is 10.1. The van der Waals surface area contributed by atoms with Crippen LogP contribution in [0.4, 0.5) is 11.5 Å². The minimum atomic E-state index is -0.0604. The molecule has 28 heavy (non-hydrogen) atoms. The van der Waals surface area contributed by atoms with E-state index >= 15 is 0 Å². The maximum atomic E-state index is 13.2. The lowest BCUT2D eigenvalue weighted by molar-refractivity contribution is -0.117. The fourth-order valence-corrected chi connectivity index (χ4v) is 4.08. The van der Waals surface area contributed by atoms with Gasteiger partial charge in [0.25, 0.3) is 5.91 Å². The van der Waals surface area contributed by atoms with E-state index in [0.717, 1.165) is 16.7 Å². The molecule has 6 nitrogen and oxygen atoms in total. The summed E-state index contributed by atoms with van der Waals surface area (Å²) < 4.78 is 0.941. The molecule has 0 saturated carbocycles. The highest BCUT2D eigenvalue weighted by Gasteiger charge is 2.29. The molecule has 2 saturated heterocycles. The molecule has 2 amide bonds. The van der Waals surface area contributed by atoms with Crippen LogP contribution in [0.25, 0.3) is 0 Å².